The first-order chi connectivity index (χ1) is 9.12. The number of halogens is 1. The van der Waals surface area contributed by atoms with Crippen molar-refractivity contribution in [2.45, 2.75) is 77.6 Å². The first-order valence-electron chi connectivity index (χ1n) is 7.62. The van der Waals surface area contributed by atoms with Crippen LogP contribution in [0.2, 0.25) is 5.15 Å². The van der Waals surface area contributed by atoms with Crippen LogP contribution < -0.4 is 0 Å². The number of hydrogen-bond donors (Lipinski definition) is 0. The van der Waals surface area contributed by atoms with Gasteiger partial charge in [-0.2, -0.15) is 5.10 Å². The van der Waals surface area contributed by atoms with E-state index in [1.807, 2.05) is 12.1 Å². The van der Waals surface area contributed by atoms with Gasteiger partial charge in [0.2, 0.25) is 0 Å². The molecule has 108 valence electrons. The Morgan fingerprint density at radius 2 is 1.63 bits per heavy atom. The molecule has 0 bridgehead atoms. The predicted octanol–water partition coefficient (Wildman–Crippen LogP) is 5.55. The molecule has 0 aliphatic heterocycles. The molecule has 0 aliphatic carbocycles. The zero-order chi connectivity index (χ0) is 14.1. The lowest BCUT2D eigenvalue weighted by Crippen LogP contribution is -2.24. The number of rotatable bonds is 9. The number of nitrogens with zero attached hydrogens (tertiary/aromatic N) is 2. The molecule has 0 aliphatic rings. The van der Waals surface area contributed by atoms with Crippen LogP contribution in [0, 0.1) is 0 Å². The summed E-state index contributed by atoms with van der Waals surface area (Å²) in [5, 5.41) is 8.81. The van der Waals surface area contributed by atoms with Gasteiger partial charge in [-0.1, -0.05) is 70.9 Å². The molecule has 0 radical (unpaired) electrons. The molecule has 1 aromatic rings. The van der Waals surface area contributed by atoms with Crippen LogP contribution in [-0.2, 0) is 5.41 Å². The topological polar surface area (TPSA) is 25.8 Å². The van der Waals surface area contributed by atoms with Gasteiger partial charge in [0.25, 0.3) is 0 Å². The lowest BCUT2D eigenvalue weighted by molar-refractivity contribution is 0.357. The molecule has 1 heterocycles. The van der Waals surface area contributed by atoms with Crippen molar-refractivity contribution < 1.29 is 0 Å². The van der Waals surface area contributed by atoms with E-state index in [1.165, 1.54) is 51.4 Å². The molecule has 0 fully saturated rings. The van der Waals surface area contributed by atoms with E-state index in [4.69, 9.17) is 11.6 Å². The molecular formula is C16H27ClN2. The van der Waals surface area contributed by atoms with E-state index < -0.39 is 0 Å². The van der Waals surface area contributed by atoms with Gasteiger partial charge >= 0.3 is 0 Å². The van der Waals surface area contributed by atoms with Gasteiger partial charge in [0.15, 0.2) is 5.15 Å². The quantitative estimate of drug-likeness (QED) is 0.555. The smallest absolute Gasteiger partial charge is 0.151 e. The van der Waals surface area contributed by atoms with Gasteiger partial charge in [0, 0.05) is 5.41 Å². The number of aromatic nitrogens is 2. The Bertz CT molecular complexity index is 350. The highest BCUT2D eigenvalue weighted by Gasteiger charge is 2.27. The highest BCUT2D eigenvalue weighted by molar-refractivity contribution is 6.29. The van der Waals surface area contributed by atoms with Crippen molar-refractivity contribution in [2.75, 3.05) is 0 Å². The van der Waals surface area contributed by atoms with Gasteiger partial charge in [-0.3, -0.25) is 0 Å². The Balaban J connectivity index is 2.70. The molecule has 1 rings (SSSR count). The normalized spacial score (nSPS) is 14.3. The maximum Gasteiger partial charge on any atom is 0.151 e. The minimum Gasteiger partial charge on any atom is -0.154 e. The molecule has 19 heavy (non-hydrogen) atoms. The molecular weight excluding hydrogens is 256 g/mol. The SMILES string of the molecule is CCCCCCC(C)(CCCC)c1ccc(Cl)nn1. The van der Waals surface area contributed by atoms with E-state index in [1.54, 1.807) is 0 Å². The van der Waals surface area contributed by atoms with Crippen molar-refractivity contribution in [1.82, 2.24) is 10.2 Å². The van der Waals surface area contributed by atoms with Crippen molar-refractivity contribution >= 4 is 11.6 Å². The van der Waals surface area contributed by atoms with Crippen molar-refractivity contribution in [3.05, 3.63) is 23.0 Å². The maximum atomic E-state index is 5.84. The minimum atomic E-state index is 0.154. The van der Waals surface area contributed by atoms with Gasteiger partial charge in [0.1, 0.15) is 0 Å². The Morgan fingerprint density at radius 1 is 0.947 bits per heavy atom. The molecule has 0 saturated carbocycles. The summed E-state index contributed by atoms with van der Waals surface area (Å²) >= 11 is 5.84. The van der Waals surface area contributed by atoms with Crippen LogP contribution >= 0.6 is 11.6 Å². The van der Waals surface area contributed by atoms with E-state index in [0.717, 1.165) is 5.69 Å². The summed E-state index contributed by atoms with van der Waals surface area (Å²) in [5.74, 6) is 0. The van der Waals surface area contributed by atoms with E-state index in [-0.39, 0.29) is 5.41 Å². The molecule has 0 amide bonds. The van der Waals surface area contributed by atoms with Crippen LogP contribution in [0.25, 0.3) is 0 Å². The van der Waals surface area contributed by atoms with Crippen LogP contribution in [-0.4, -0.2) is 10.2 Å². The van der Waals surface area contributed by atoms with E-state index in [9.17, 15) is 0 Å². The second kappa shape index (κ2) is 8.52. The summed E-state index contributed by atoms with van der Waals surface area (Å²) in [5.41, 5.74) is 1.25. The lowest BCUT2D eigenvalue weighted by atomic mass is 9.77. The molecule has 0 spiro atoms. The van der Waals surface area contributed by atoms with E-state index in [2.05, 4.69) is 31.0 Å². The fourth-order valence-corrected chi connectivity index (χ4v) is 2.63. The Labute approximate surface area is 123 Å². The minimum absolute atomic E-state index is 0.154. The fraction of sp³-hybridized carbons (Fsp3) is 0.750. The zero-order valence-corrected chi connectivity index (χ0v) is 13.3. The Hall–Kier alpha value is -0.630. The average molecular weight is 283 g/mol. The van der Waals surface area contributed by atoms with Crippen molar-refractivity contribution in [3.63, 3.8) is 0 Å². The van der Waals surface area contributed by atoms with Crippen LogP contribution in [0.5, 0.6) is 0 Å². The standard InChI is InChI=1S/C16H27ClN2/c1-4-6-8-9-13-16(3,12-7-5-2)14-10-11-15(17)19-18-14/h10-11H,4-9,12-13H2,1-3H3. The molecule has 0 N–H and O–H groups in total. The zero-order valence-electron chi connectivity index (χ0n) is 12.6. The summed E-state index contributed by atoms with van der Waals surface area (Å²) in [6.45, 7) is 6.82. The van der Waals surface area contributed by atoms with Crippen LogP contribution in [0.1, 0.15) is 77.8 Å². The summed E-state index contributed by atoms with van der Waals surface area (Å²) < 4.78 is 0. The summed E-state index contributed by atoms with van der Waals surface area (Å²) in [6.07, 6.45) is 10.1. The molecule has 0 saturated heterocycles. The number of unbranched alkanes of at least 4 members (excludes halogenated alkanes) is 4. The first-order valence-corrected chi connectivity index (χ1v) is 8.00. The van der Waals surface area contributed by atoms with E-state index >= 15 is 0 Å². The van der Waals surface area contributed by atoms with E-state index in [0.29, 0.717) is 5.15 Å². The van der Waals surface area contributed by atoms with Gasteiger partial charge in [-0.05, 0) is 25.0 Å². The van der Waals surface area contributed by atoms with Gasteiger partial charge in [-0.15, -0.1) is 5.10 Å². The summed E-state index contributed by atoms with van der Waals surface area (Å²) in [4.78, 5) is 0. The molecule has 1 atom stereocenters. The van der Waals surface area contributed by atoms with Gasteiger partial charge in [-0.25, -0.2) is 0 Å². The third-order valence-corrected chi connectivity index (χ3v) is 4.12. The number of hydrogen-bond acceptors (Lipinski definition) is 2. The van der Waals surface area contributed by atoms with Crippen LogP contribution in [0.3, 0.4) is 0 Å². The van der Waals surface area contributed by atoms with Crippen LogP contribution in [0.4, 0.5) is 0 Å². The molecule has 1 aromatic heterocycles. The predicted molar refractivity (Wildman–Crippen MR) is 82.7 cm³/mol. The van der Waals surface area contributed by atoms with Gasteiger partial charge < -0.3 is 0 Å². The second-order valence-electron chi connectivity index (χ2n) is 5.72. The Morgan fingerprint density at radius 3 is 2.21 bits per heavy atom. The third kappa shape index (κ3) is 5.48. The summed E-state index contributed by atoms with van der Waals surface area (Å²) in [7, 11) is 0. The first kappa shape index (κ1) is 16.4. The van der Waals surface area contributed by atoms with Gasteiger partial charge in [0.05, 0.1) is 5.69 Å². The lowest BCUT2D eigenvalue weighted by Gasteiger charge is -2.28. The highest BCUT2D eigenvalue weighted by Crippen LogP contribution is 2.33. The van der Waals surface area contributed by atoms with Crippen LogP contribution in [0.15, 0.2) is 12.1 Å². The monoisotopic (exact) mass is 282 g/mol. The average Bonchev–Trinajstić information content (AvgIpc) is 2.42. The second-order valence-corrected chi connectivity index (χ2v) is 6.10. The molecule has 2 nitrogen and oxygen atoms in total. The fourth-order valence-electron chi connectivity index (χ4n) is 2.53. The van der Waals surface area contributed by atoms with Crippen molar-refractivity contribution in [3.8, 4) is 0 Å². The largest absolute Gasteiger partial charge is 0.154 e. The molecule has 0 aromatic carbocycles. The molecule has 1 unspecified atom stereocenters. The maximum absolute atomic E-state index is 5.84. The van der Waals surface area contributed by atoms with Crippen molar-refractivity contribution in [1.29, 1.82) is 0 Å². The highest BCUT2D eigenvalue weighted by atomic mass is 35.5. The van der Waals surface area contributed by atoms with Crippen molar-refractivity contribution in [2.24, 2.45) is 0 Å². The summed E-state index contributed by atoms with van der Waals surface area (Å²) in [6, 6.07) is 3.91. The molecule has 3 heteroatoms. The Kier molecular flexibility index (Phi) is 7.37. The third-order valence-electron chi connectivity index (χ3n) is 3.91.